The maximum atomic E-state index is 11.2. The minimum atomic E-state index is -0.902. The number of carboxylic acids is 1. The highest BCUT2D eigenvalue weighted by atomic mass is 79.9. The Morgan fingerprint density at radius 1 is 1.20 bits per heavy atom. The lowest BCUT2D eigenvalue weighted by molar-refractivity contribution is 0.0698. The topological polar surface area (TPSA) is 49.3 Å². The fourth-order valence-electron chi connectivity index (χ4n) is 2.74. The van der Waals surface area contributed by atoms with Crippen molar-refractivity contribution in [1.82, 2.24) is 0 Å². The molecular weight excluding hydrogens is 318 g/mol. The molecule has 0 saturated heterocycles. The molecule has 2 aromatic rings. The minimum Gasteiger partial charge on any atom is -0.478 e. The van der Waals surface area contributed by atoms with Gasteiger partial charge in [-0.3, -0.25) is 0 Å². The van der Waals surface area contributed by atoms with E-state index >= 15 is 0 Å². The van der Waals surface area contributed by atoms with E-state index in [1.54, 1.807) is 12.1 Å². The quantitative estimate of drug-likeness (QED) is 0.884. The van der Waals surface area contributed by atoms with E-state index in [2.05, 4.69) is 27.3 Å². The number of hydrogen-bond acceptors (Lipinski definition) is 2. The number of para-hydroxylation sites is 1. The zero-order chi connectivity index (χ0) is 14.1. The molecule has 1 aliphatic carbocycles. The first-order valence-corrected chi connectivity index (χ1v) is 7.32. The molecule has 1 aliphatic rings. The number of anilines is 1. The van der Waals surface area contributed by atoms with E-state index in [1.165, 1.54) is 11.1 Å². The Morgan fingerprint density at radius 3 is 2.80 bits per heavy atom. The van der Waals surface area contributed by atoms with E-state index in [-0.39, 0.29) is 6.04 Å². The first kappa shape index (κ1) is 13.2. The summed E-state index contributed by atoms with van der Waals surface area (Å²) in [5.74, 6) is -0.902. The summed E-state index contributed by atoms with van der Waals surface area (Å²) in [5, 5.41) is 12.6. The summed E-state index contributed by atoms with van der Waals surface area (Å²) in [4.78, 5) is 11.2. The van der Waals surface area contributed by atoms with E-state index in [4.69, 9.17) is 0 Å². The maximum Gasteiger partial charge on any atom is 0.337 e. The number of carbonyl (C=O) groups is 1. The summed E-state index contributed by atoms with van der Waals surface area (Å²) < 4.78 is 1.13. The van der Waals surface area contributed by atoms with Crippen LogP contribution in [0.1, 0.15) is 33.9 Å². The van der Waals surface area contributed by atoms with Crippen molar-refractivity contribution in [3.63, 3.8) is 0 Å². The van der Waals surface area contributed by atoms with Gasteiger partial charge in [-0.05, 0) is 42.2 Å². The lowest BCUT2D eigenvalue weighted by Crippen LogP contribution is -2.11. The zero-order valence-electron chi connectivity index (χ0n) is 10.8. The van der Waals surface area contributed by atoms with Gasteiger partial charge in [-0.2, -0.15) is 0 Å². The molecule has 2 N–H and O–H groups in total. The molecule has 3 rings (SSSR count). The van der Waals surface area contributed by atoms with Gasteiger partial charge < -0.3 is 10.4 Å². The molecule has 3 nitrogen and oxygen atoms in total. The number of rotatable bonds is 3. The van der Waals surface area contributed by atoms with Crippen LogP contribution in [0.5, 0.6) is 0 Å². The highest BCUT2D eigenvalue weighted by Crippen LogP contribution is 2.38. The van der Waals surface area contributed by atoms with E-state index in [1.807, 2.05) is 24.3 Å². The molecule has 4 heteroatoms. The van der Waals surface area contributed by atoms with Crippen LogP contribution in [-0.4, -0.2) is 11.1 Å². The number of nitrogens with one attached hydrogen (secondary N) is 1. The summed E-state index contributed by atoms with van der Waals surface area (Å²) in [5.41, 5.74) is 3.56. The number of benzene rings is 2. The second kappa shape index (κ2) is 5.29. The highest BCUT2D eigenvalue weighted by Gasteiger charge is 2.24. The molecule has 0 amide bonds. The van der Waals surface area contributed by atoms with Crippen LogP contribution in [0.4, 0.5) is 5.69 Å². The summed E-state index contributed by atoms with van der Waals surface area (Å²) >= 11 is 3.58. The third kappa shape index (κ3) is 2.31. The Hall–Kier alpha value is -1.81. The lowest BCUT2D eigenvalue weighted by Gasteiger charge is -2.17. The fraction of sp³-hybridized carbons (Fsp3) is 0.188. The second-order valence-corrected chi connectivity index (χ2v) is 5.75. The SMILES string of the molecule is O=C(O)c1ccccc1NC1CCc2c(Br)cccc21. The molecule has 0 saturated carbocycles. The summed E-state index contributed by atoms with van der Waals surface area (Å²) in [6.45, 7) is 0. The van der Waals surface area contributed by atoms with Crippen molar-refractivity contribution < 1.29 is 9.90 Å². The van der Waals surface area contributed by atoms with Gasteiger partial charge in [0, 0.05) is 10.2 Å². The molecule has 0 bridgehead atoms. The van der Waals surface area contributed by atoms with Crippen LogP contribution in [0.2, 0.25) is 0 Å². The average molecular weight is 332 g/mol. The Labute approximate surface area is 125 Å². The molecule has 1 unspecified atom stereocenters. The molecule has 0 aliphatic heterocycles. The van der Waals surface area contributed by atoms with Gasteiger partial charge in [-0.15, -0.1) is 0 Å². The van der Waals surface area contributed by atoms with Crippen molar-refractivity contribution >= 4 is 27.6 Å². The maximum absolute atomic E-state index is 11.2. The molecule has 0 fully saturated rings. The van der Waals surface area contributed by atoms with Crippen LogP contribution >= 0.6 is 15.9 Å². The van der Waals surface area contributed by atoms with Crippen LogP contribution in [0.25, 0.3) is 0 Å². The highest BCUT2D eigenvalue weighted by molar-refractivity contribution is 9.10. The van der Waals surface area contributed by atoms with Crippen LogP contribution in [0.15, 0.2) is 46.9 Å². The van der Waals surface area contributed by atoms with Crippen molar-refractivity contribution in [2.24, 2.45) is 0 Å². The molecular formula is C16H14BrNO2. The third-order valence-corrected chi connectivity index (χ3v) is 4.44. The summed E-state index contributed by atoms with van der Waals surface area (Å²) in [6.07, 6.45) is 1.98. The van der Waals surface area contributed by atoms with Gasteiger partial charge in [0.2, 0.25) is 0 Å². The van der Waals surface area contributed by atoms with E-state index in [0.29, 0.717) is 11.3 Å². The molecule has 0 radical (unpaired) electrons. The molecule has 20 heavy (non-hydrogen) atoms. The smallest absolute Gasteiger partial charge is 0.337 e. The first-order valence-electron chi connectivity index (χ1n) is 6.53. The number of halogens is 1. The van der Waals surface area contributed by atoms with Gasteiger partial charge in [0.15, 0.2) is 0 Å². The van der Waals surface area contributed by atoms with Crippen molar-refractivity contribution in [3.05, 3.63) is 63.6 Å². The van der Waals surface area contributed by atoms with Crippen LogP contribution in [0.3, 0.4) is 0 Å². The van der Waals surface area contributed by atoms with Crippen LogP contribution in [0, 0.1) is 0 Å². The Morgan fingerprint density at radius 2 is 2.00 bits per heavy atom. The van der Waals surface area contributed by atoms with Gasteiger partial charge >= 0.3 is 5.97 Å². The molecule has 2 aromatic carbocycles. The zero-order valence-corrected chi connectivity index (χ0v) is 12.4. The predicted octanol–water partition coefficient (Wildman–Crippen LogP) is 4.25. The van der Waals surface area contributed by atoms with Gasteiger partial charge in [0.1, 0.15) is 0 Å². The van der Waals surface area contributed by atoms with Crippen LogP contribution < -0.4 is 5.32 Å². The largest absolute Gasteiger partial charge is 0.478 e. The van der Waals surface area contributed by atoms with E-state index < -0.39 is 5.97 Å². The van der Waals surface area contributed by atoms with Crippen LogP contribution in [-0.2, 0) is 6.42 Å². The molecule has 0 aromatic heterocycles. The number of carboxylic acid groups (broad SMARTS) is 1. The van der Waals surface area contributed by atoms with E-state index in [9.17, 15) is 9.90 Å². The van der Waals surface area contributed by atoms with Crippen molar-refractivity contribution in [2.45, 2.75) is 18.9 Å². The summed E-state index contributed by atoms with van der Waals surface area (Å²) in [7, 11) is 0. The molecule has 0 heterocycles. The Balaban J connectivity index is 1.92. The Bertz CT molecular complexity index is 669. The van der Waals surface area contributed by atoms with Gasteiger partial charge in [-0.1, -0.05) is 40.2 Å². The lowest BCUT2D eigenvalue weighted by atomic mass is 10.1. The molecule has 1 atom stereocenters. The number of fused-ring (bicyclic) bond motifs is 1. The summed E-state index contributed by atoms with van der Waals surface area (Å²) in [6, 6.07) is 13.4. The normalized spacial score (nSPS) is 16.8. The van der Waals surface area contributed by atoms with Gasteiger partial charge in [0.25, 0.3) is 0 Å². The molecule has 0 spiro atoms. The molecule has 102 valence electrons. The number of aromatic carboxylic acids is 1. The van der Waals surface area contributed by atoms with Gasteiger partial charge in [-0.25, -0.2) is 4.79 Å². The predicted molar refractivity (Wildman–Crippen MR) is 82.2 cm³/mol. The van der Waals surface area contributed by atoms with Gasteiger partial charge in [0.05, 0.1) is 11.6 Å². The van der Waals surface area contributed by atoms with Crippen molar-refractivity contribution in [3.8, 4) is 0 Å². The number of hydrogen-bond donors (Lipinski definition) is 2. The van der Waals surface area contributed by atoms with Crippen molar-refractivity contribution in [1.29, 1.82) is 0 Å². The average Bonchev–Trinajstić information content (AvgIpc) is 2.84. The first-order chi connectivity index (χ1) is 9.66. The van der Waals surface area contributed by atoms with E-state index in [0.717, 1.165) is 17.3 Å². The minimum absolute atomic E-state index is 0.169. The standard InChI is InChI=1S/C16H14BrNO2/c17-13-6-3-5-11-10(13)8-9-15(11)18-14-7-2-1-4-12(14)16(19)20/h1-7,15,18H,8-9H2,(H,19,20). The monoisotopic (exact) mass is 331 g/mol. The fourth-order valence-corrected chi connectivity index (χ4v) is 3.32. The Kier molecular flexibility index (Phi) is 3.49. The van der Waals surface area contributed by atoms with Crippen molar-refractivity contribution in [2.75, 3.05) is 5.32 Å². The third-order valence-electron chi connectivity index (χ3n) is 3.70. The second-order valence-electron chi connectivity index (χ2n) is 4.89.